The third kappa shape index (κ3) is 3.77. The molecule has 0 aliphatic heterocycles. The van der Waals surface area contributed by atoms with E-state index in [2.05, 4.69) is 0 Å². The molecule has 0 aromatic heterocycles. The second-order valence-electron chi connectivity index (χ2n) is 6.12. The van der Waals surface area contributed by atoms with Gasteiger partial charge in [-0.1, -0.05) is 64.6 Å². The average Bonchev–Trinajstić information content (AvgIpc) is 2.62. The average molecular weight is 494 g/mol. The highest BCUT2D eigenvalue weighted by Gasteiger charge is 2.50. The zero-order chi connectivity index (χ0) is 21.6. The zero-order valence-electron chi connectivity index (χ0n) is 14.3. The Morgan fingerprint density at radius 2 is 1.38 bits per heavy atom. The van der Waals surface area contributed by atoms with Gasteiger partial charge in [-0.2, -0.15) is 8.42 Å². The number of aromatic hydroxyl groups is 2. The van der Waals surface area contributed by atoms with Gasteiger partial charge < -0.3 is 10.2 Å². The lowest BCUT2D eigenvalue weighted by Gasteiger charge is -2.33. The van der Waals surface area contributed by atoms with E-state index in [1.54, 1.807) is 0 Å². The Morgan fingerprint density at radius 1 is 0.724 bits per heavy atom. The van der Waals surface area contributed by atoms with E-state index in [0.29, 0.717) is 0 Å². The Morgan fingerprint density at radius 3 is 1.97 bits per heavy atom. The van der Waals surface area contributed by atoms with Crippen molar-refractivity contribution in [1.29, 1.82) is 0 Å². The van der Waals surface area contributed by atoms with Crippen LogP contribution in [0.5, 0.6) is 11.5 Å². The fourth-order valence-electron chi connectivity index (χ4n) is 3.17. The third-order valence-electron chi connectivity index (χ3n) is 4.39. The van der Waals surface area contributed by atoms with Gasteiger partial charge in [-0.25, -0.2) is 0 Å². The number of benzene rings is 3. The van der Waals surface area contributed by atoms with Crippen LogP contribution >= 0.6 is 46.4 Å². The van der Waals surface area contributed by atoms with Crippen LogP contribution in [0.25, 0.3) is 0 Å². The Bertz CT molecular complexity index is 1210. The third-order valence-corrected chi connectivity index (χ3v) is 7.13. The first-order valence-corrected chi connectivity index (χ1v) is 10.8. The van der Waals surface area contributed by atoms with Gasteiger partial charge in [0.05, 0.1) is 15.1 Å². The van der Waals surface area contributed by atoms with Gasteiger partial charge in [0.15, 0.2) is 4.75 Å². The minimum Gasteiger partial charge on any atom is -0.508 e. The molecule has 0 spiro atoms. The summed E-state index contributed by atoms with van der Waals surface area (Å²) >= 11 is 24.0. The van der Waals surface area contributed by atoms with Crippen LogP contribution in [0.15, 0.2) is 54.6 Å². The van der Waals surface area contributed by atoms with Gasteiger partial charge in [0.25, 0.3) is 10.1 Å². The molecule has 0 saturated carbocycles. The van der Waals surface area contributed by atoms with E-state index in [4.69, 9.17) is 46.4 Å². The molecule has 3 aromatic rings. The number of halogens is 4. The highest BCUT2D eigenvalue weighted by Crippen LogP contribution is 2.50. The van der Waals surface area contributed by atoms with E-state index in [0.717, 1.165) is 12.1 Å². The summed E-state index contributed by atoms with van der Waals surface area (Å²) in [6.07, 6.45) is 0. The molecule has 0 aliphatic rings. The van der Waals surface area contributed by atoms with Crippen LogP contribution in [0.2, 0.25) is 20.1 Å². The van der Waals surface area contributed by atoms with E-state index < -0.39 is 26.4 Å². The highest BCUT2D eigenvalue weighted by molar-refractivity contribution is 7.87. The topological polar surface area (TPSA) is 94.8 Å². The van der Waals surface area contributed by atoms with Gasteiger partial charge in [0.1, 0.15) is 11.5 Å². The molecule has 0 amide bonds. The zero-order valence-corrected chi connectivity index (χ0v) is 18.1. The molecule has 3 aromatic carbocycles. The summed E-state index contributed by atoms with van der Waals surface area (Å²) in [7, 11) is -5.06. The molecule has 1 unspecified atom stereocenters. The second kappa shape index (κ2) is 7.87. The molecule has 0 heterocycles. The predicted octanol–water partition coefficient (Wildman–Crippen LogP) is 5.89. The van der Waals surface area contributed by atoms with Crippen molar-refractivity contribution in [2.24, 2.45) is 0 Å². The summed E-state index contributed by atoms with van der Waals surface area (Å²) in [4.78, 5) is 0. The number of phenolic OH excluding ortho intramolecular Hbond substituents is 2. The van der Waals surface area contributed by atoms with Crippen molar-refractivity contribution in [3.63, 3.8) is 0 Å². The van der Waals surface area contributed by atoms with Crippen LogP contribution in [0.4, 0.5) is 0 Å². The molecule has 0 bridgehead atoms. The molecule has 152 valence electrons. The number of hydrogen-bond acceptors (Lipinski definition) is 4. The molecule has 5 nitrogen and oxygen atoms in total. The van der Waals surface area contributed by atoms with Crippen molar-refractivity contribution in [3.05, 3.63) is 91.4 Å². The molecule has 0 fully saturated rings. The largest absolute Gasteiger partial charge is 0.508 e. The summed E-state index contributed by atoms with van der Waals surface area (Å²) in [6.45, 7) is 0. The Balaban J connectivity index is 2.58. The molecule has 0 saturated heterocycles. The molecular weight excluding hydrogens is 482 g/mol. The van der Waals surface area contributed by atoms with Gasteiger partial charge in [0.2, 0.25) is 0 Å². The maximum Gasteiger partial charge on any atom is 0.283 e. The molecule has 0 radical (unpaired) electrons. The number of rotatable bonds is 4. The van der Waals surface area contributed by atoms with Gasteiger partial charge in [0, 0.05) is 16.7 Å². The molecule has 1 atom stereocenters. The van der Waals surface area contributed by atoms with Crippen molar-refractivity contribution in [2.75, 3.05) is 0 Å². The number of hydrogen-bond donors (Lipinski definition) is 3. The molecule has 10 heteroatoms. The first-order valence-electron chi connectivity index (χ1n) is 7.89. The summed E-state index contributed by atoms with van der Waals surface area (Å²) in [5.41, 5.74) is -0.417. The minimum absolute atomic E-state index is 0.0110. The fourth-order valence-corrected chi connectivity index (χ4v) is 5.11. The summed E-state index contributed by atoms with van der Waals surface area (Å²) in [6, 6.07) is 11.5. The molecule has 0 aliphatic carbocycles. The van der Waals surface area contributed by atoms with E-state index in [1.807, 2.05) is 0 Å². The second-order valence-corrected chi connectivity index (χ2v) is 9.34. The number of phenols is 2. The maximum atomic E-state index is 12.9. The van der Waals surface area contributed by atoms with E-state index in [1.165, 1.54) is 42.5 Å². The van der Waals surface area contributed by atoms with Crippen molar-refractivity contribution < 1.29 is 23.2 Å². The lowest BCUT2D eigenvalue weighted by molar-refractivity contribution is 0.434. The standard InChI is InChI=1S/C19H12Cl4O5S/c20-12-3-1-2-10(6-12)19(29(26,27)28,11-4-5-14(21)15(22)7-11)13-8-18(25)16(23)9-17(13)24/h1-9,24-25H,(H,26,27,28). The predicted molar refractivity (Wildman–Crippen MR) is 114 cm³/mol. The van der Waals surface area contributed by atoms with Gasteiger partial charge >= 0.3 is 0 Å². The quantitative estimate of drug-likeness (QED) is 0.239. The fraction of sp³-hybridized carbons (Fsp3) is 0.0526. The first kappa shape index (κ1) is 22.0. The minimum atomic E-state index is -5.06. The van der Waals surface area contributed by atoms with Crippen molar-refractivity contribution >= 4 is 56.5 Å². The normalized spacial score (nSPS) is 13.8. The SMILES string of the molecule is O=S(=O)(O)C(c1cccc(Cl)c1)(c1ccc(Cl)c(Cl)c1)c1cc(O)c(Cl)cc1O. The van der Waals surface area contributed by atoms with Crippen LogP contribution in [0, 0.1) is 0 Å². The Kier molecular flexibility index (Phi) is 5.98. The van der Waals surface area contributed by atoms with Gasteiger partial charge in [-0.15, -0.1) is 0 Å². The molecule has 29 heavy (non-hydrogen) atoms. The Hall–Kier alpha value is -1.67. The van der Waals surface area contributed by atoms with Crippen molar-refractivity contribution in [1.82, 2.24) is 0 Å². The smallest absolute Gasteiger partial charge is 0.283 e. The van der Waals surface area contributed by atoms with E-state index in [-0.39, 0.29) is 36.8 Å². The Labute approximate surface area is 186 Å². The monoisotopic (exact) mass is 492 g/mol. The summed E-state index contributed by atoms with van der Waals surface area (Å²) in [5, 5.41) is 20.8. The van der Waals surface area contributed by atoms with Gasteiger partial charge in [-0.3, -0.25) is 4.55 Å². The summed E-state index contributed by atoms with van der Waals surface area (Å²) in [5.74, 6) is -1.09. The summed E-state index contributed by atoms with van der Waals surface area (Å²) < 4.78 is 33.9. The van der Waals surface area contributed by atoms with Crippen LogP contribution in [-0.2, 0) is 14.9 Å². The first-order chi connectivity index (χ1) is 13.5. The van der Waals surface area contributed by atoms with Crippen molar-refractivity contribution in [3.8, 4) is 11.5 Å². The highest BCUT2D eigenvalue weighted by atomic mass is 35.5. The van der Waals surface area contributed by atoms with Crippen LogP contribution in [0.1, 0.15) is 16.7 Å². The molecule has 3 N–H and O–H groups in total. The molecular formula is C19H12Cl4O5S. The van der Waals surface area contributed by atoms with E-state index in [9.17, 15) is 23.2 Å². The van der Waals surface area contributed by atoms with Crippen LogP contribution in [0.3, 0.4) is 0 Å². The van der Waals surface area contributed by atoms with Crippen LogP contribution in [-0.4, -0.2) is 23.2 Å². The van der Waals surface area contributed by atoms with Crippen molar-refractivity contribution in [2.45, 2.75) is 4.75 Å². The maximum absolute atomic E-state index is 12.9. The van der Waals surface area contributed by atoms with E-state index >= 15 is 0 Å². The lowest BCUT2D eigenvalue weighted by atomic mass is 9.83. The van der Waals surface area contributed by atoms with Crippen LogP contribution < -0.4 is 0 Å². The lowest BCUT2D eigenvalue weighted by Crippen LogP contribution is -2.38. The van der Waals surface area contributed by atoms with Gasteiger partial charge in [-0.05, 0) is 41.5 Å². The molecule has 3 rings (SSSR count).